The summed E-state index contributed by atoms with van der Waals surface area (Å²) in [6.07, 6.45) is 2.61. The topological polar surface area (TPSA) is 115 Å². The van der Waals surface area contributed by atoms with Gasteiger partial charge in [0.05, 0.1) is 14.3 Å². The molecule has 1 aliphatic rings. The van der Waals surface area contributed by atoms with Crippen LogP contribution in [0.5, 0.6) is 0 Å². The second kappa shape index (κ2) is 6.39. The highest BCUT2D eigenvalue weighted by molar-refractivity contribution is 9.10. The van der Waals surface area contributed by atoms with E-state index in [4.69, 9.17) is 5.73 Å². The average molecular weight is 378 g/mol. The van der Waals surface area contributed by atoms with E-state index in [0.717, 1.165) is 19.3 Å². The minimum absolute atomic E-state index is 0.00245. The number of nitro benzene ring substituents is 1. The molecule has 0 spiro atoms. The van der Waals surface area contributed by atoms with Gasteiger partial charge >= 0.3 is 0 Å². The van der Waals surface area contributed by atoms with Gasteiger partial charge in [0.25, 0.3) is 5.69 Å². The molecule has 1 aromatic carbocycles. The van der Waals surface area contributed by atoms with Crippen molar-refractivity contribution in [3.05, 3.63) is 32.8 Å². The number of rotatable bonds is 5. The molecule has 0 heterocycles. The lowest BCUT2D eigenvalue weighted by atomic mass is 10.1. The van der Waals surface area contributed by atoms with Gasteiger partial charge < -0.3 is 5.73 Å². The highest BCUT2D eigenvalue weighted by Crippen LogP contribution is 2.29. The van der Waals surface area contributed by atoms with Crippen molar-refractivity contribution in [3.8, 4) is 0 Å². The molecule has 7 nitrogen and oxygen atoms in total. The Morgan fingerprint density at radius 1 is 1.43 bits per heavy atom. The van der Waals surface area contributed by atoms with Gasteiger partial charge in [0.1, 0.15) is 0 Å². The van der Waals surface area contributed by atoms with E-state index < -0.39 is 14.9 Å². The summed E-state index contributed by atoms with van der Waals surface area (Å²) in [5.41, 5.74) is 5.47. The van der Waals surface area contributed by atoms with Gasteiger partial charge in [-0.25, -0.2) is 13.1 Å². The number of nitrogens with zero attached hydrogens (tertiary/aromatic N) is 1. The van der Waals surface area contributed by atoms with Crippen LogP contribution in [0.4, 0.5) is 5.69 Å². The maximum Gasteiger partial charge on any atom is 0.283 e. The van der Waals surface area contributed by atoms with Crippen molar-refractivity contribution in [2.24, 2.45) is 11.7 Å². The Morgan fingerprint density at radius 2 is 2.14 bits per heavy atom. The van der Waals surface area contributed by atoms with E-state index in [1.54, 1.807) is 0 Å². The smallest absolute Gasteiger partial charge is 0.283 e. The molecule has 1 saturated carbocycles. The number of sulfonamides is 1. The van der Waals surface area contributed by atoms with Gasteiger partial charge in [-0.05, 0) is 53.4 Å². The minimum Gasteiger partial charge on any atom is -0.330 e. The van der Waals surface area contributed by atoms with Crippen LogP contribution in [-0.4, -0.2) is 25.9 Å². The van der Waals surface area contributed by atoms with Gasteiger partial charge in [0.15, 0.2) is 0 Å². The first-order chi connectivity index (χ1) is 9.85. The van der Waals surface area contributed by atoms with E-state index in [2.05, 4.69) is 20.7 Å². The van der Waals surface area contributed by atoms with Crippen molar-refractivity contribution >= 4 is 31.6 Å². The van der Waals surface area contributed by atoms with E-state index in [9.17, 15) is 18.5 Å². The zero-order valence-electron chi connectivity index (χ0n) is 11.2. The normalized spacial score (nSPS) is 22.4. The summed E-state index contributed by atoms with van der Waals surface area (Å²) in [4.78, 5) is 10.2. The Kier molecular flexibility index (Phi) is 4.97. The third-order valence-electron chi connectivity index (χ3n) is 3.69. The molecule has 0 amide bonds. The van der Waals surface area contributed by atoms with Crippen LogP contribution >= 0.6 is 15.9 Å². The summed E-state index contributed by atoms with van der Waals surface area (Å²) < 4.78 is 27.5. The highest BCUT2D eigenvalue weighted by atomic mass is 79.9. The summed E-state index contributed by atoms with van der Waals surface area (Å²) >= 11 is 3.02. The van der Waals surface area contributed by atoms with Crippen LogP contribution in [0, 0.1) is 16.0 Å². The van der Waals surface area contributed by atoms with Crippen molar-refractivity contribution in [1.82, 2.24) is 4.72 Å². The second-order valence-electron chi connectivity index (χ2n) is 5.02. The SMILES string of the molecule is NCC1CCCC1NS(=O)(=O)c1ccc([N+](=O)[O-])c(Br)c1. The number of halogens is 1. The maximum atomic E-state index is 12.3. The number of hydrogen-bond donors (Lipinski definition) is 2. The molecule has 2 rings (SSSR count). The van der Waals surface area contributed by atoms with E-state index in [1.165, 1.54) is 18.2 Å². The Bertz CT molecular complexity index is 650. The molecule has 2 unspecified atom stereocenters. The van der Waals surface area contributed by atoms with Crippen molar-refractivity contribution < 1.29 is 13.3 Å². The van der Waals surface area contributed by atoms with Gasteiger partial charge in [0, 0.05) is 12.1 Å². The van der Waals surface area contributed by atoms with Crippen LogP contribution in [0.25, 0.3) is 0 Å². The third kappa shape index (κ3) is 3.60. The van der Waals surface area contributed by atoms with E-state index in [-0.39, 0.29) is 27.0 Å². The molecular weight excluding hydrogens is 362 g/mol. The summed E-state index contributed by atoms with van der Waals surface area (Å²) in [5, 5.41) is 10.7. The van der Waals surface area contributed by atoms with Gasteiger partial charge in [-0.3, -0.25) is 10.1 Å². The summed E-state index contributed by atoms with van der Waals surface area (Å²) in [6.45, 7) is 0.442. The van der Waals surface area contributed by atoms with Crippen LogP contribution in [0.1, 0.15) is 19.3 Å². The molecule has 21 heavy (non-hydrogen) atoms. The first-order valence-electron chi connectivity index (χ1n) is 6.51. The number of hydrogen-bond acceptors (Lipinski definition) is 5. The van der Waals surface area contributed by atoms with Crippen LogP contribution in [-0.2, 0) is 10.0 Å². The number of benzene rings is 1. The van der Waals surface area contributed by atoms with Gasteiger partial charge in [-0.15, -0.1) is 0 Å². The molecule has 116 valence electrons. The predicted molar refractivity (Wildman–Crippen MR) is 81.3 cm³/mol. The van der Waals surface area contributed by atoms with Gasteiger partial charge in [-0.2, -0.15) is 0 Å². The average Bonchev–Trinajstić information content (AvgIpc) is 2.84. The Labute approximate surface area is 131 Å². The predicted octanol–water partition coefficient (Wildman–Crippen LogP) is 1.76. The lowest BCUT2D eigenvalue weighted by Gasteiger charge is -2.19. The highest BCUT2D eigenvalue weighted by Gasteiger charge is 2.30. The van der Waals surface area contributed by atoms with Crippen molar-refractivity contribution in [1.29, 1.82) is 0 Å². The molecule has 3 N–H and O–H groups in total. The molecule has 9 heteroatoms. The lowest BCUT2D eigenvalue weighted by molar-refractivity contribution is -0.385. The summed E-state index contributed by atoms with van der Waals surface area (Å²) in [5.74, 6) is 0.140. The summed E-state index contributed by atoms with van der Waals surface area (Å²) in [6, 6.07) is 3.48. The molecule has 0 aromatic heterocycles. The first-order valence-corrected chi connectivity index (χ1v) is 8.79. The third-order valence-corrected chi connectivity index (χ3v) is 5.82. The fraction of sp³-hybridized carbons (Fsp3) is 0.500. The molecule has 1 aliphatic carbocycles. The number of nitrogens with two attached hydrogens (primary N) is 1. The molecule has 0 saturated heterocycles. The molecule has 1 fully saturated rings. The monoisotopic (exact) mass is 377 g/mol. The molecule has 2 atom stereocenters. The Morgan fingerprint density at radius 3 is 2.71 bits per heavy atom. The molecule has 0 aliphatic heterocycles. The van der Waals surface area contributed by atoms with Crippen LogP contribution < -0.4 is 10.5 Å². The molecular formula is C12H16BrN3O4S. The number of nitrogens with one attached hydrogen (secondary N) is 1. The zero-order chi connectivity index (χ0) is 15.6. The zero-order valence-corrected chi connectivity index (χ0v) is 13.6. The van der Waals surface area contributed by atoms with Crippen molar-refractivity contribution in [2.45, 2.75) is 30.2 Å². The fourth-order valence-corrected chi connectivity index (χ4v) is 4.58. The Balaban J connectivity index is 2.23. The molecule has 1 aromatic rings. The largest absolute Gasteiger partial charge is 0.330 e. The number of nitro groups is 1. The lowest BCUT2D eigenvalue weighted by Crippen LogP contribution is -2.39. The Hall–Kier alpha value is -1.03. The van der Waals surface area contributed by atoms with Crippen molar-refractivity contribution in [2.75, 3.05) is 6.54 Å². The molecule has 0 radical (unpaired) electrons. The first kappa shape index (κ1) is 16.3. The van der Waals surface area contributed by atoms with Gasteiger partial charge in [-0.1, -0.05) is 6.42 Å². The van der Waals surface area contributed by atoms with Crippen LogP contribution in [0.3, 0.4) is 0 Å². The van der Waals surface area contributed by atoms with E-state index in [1.807, 2.05) is 0 Å². The second-order valence-corrected chi connectivity index (χ2v) is 7.59. The summed E-state index contributed by atoms with van der Waals surface area (Å²) in [7, 11) is -3.71. The quantitative estimate of drug-likeness (QED) is 0.598. The minimum atomic E-state index is -3.71. The van der Waals surface area contributed by atoms with Crippen molar-refractivity contribution in [3.63, 3.8) is 0 Å². The van der Waals surface area contributed by atoms with Gasteiger partial charge in [0.2, 0.25) is 10.0 Å². The van der Waals surface area contributed by atoms with Crippen LogP contribution in [0.15, 0.2) is 27.6 Å². The van der Waals surface area contributed by atoms with E-state index >= 15 is 0 Å². The maximum absolute atomic E-state index is 12.3. The van der Waals surface area contributed by atoms with E-state index in [0.29, 0.717) is 6.54 Å². The molecule has 0 bridgehead atoms. The fourth-order valence-electron chi connectivity index (χ4n) is 2.54. The standard InChI is InChI=1S/C12H16BrN3O4S/c13-10-6-9(4-5-12(10)16(17)18)21(19,20)15-11-3-1-2-8(11)7-14/h4-6,8,11,15H,1-3,7,14H2. The van der Waals surface area contributed by atoms with Crippen LogP contribution in [0.2, 0.25) is 0 Å².